The number of hydrogen-bond acceptors (Lipinski definition) is 5. The largest absolute Gasteiger partial charge is 0.396 e. The van der Waals surface area contributed by atoms with Gasteiger partial charge in [-0.05, 0) is 19.1 Å². The molecule has 0 aromatic carbocycles. The molecule has 0 aromatic heterocycles. The lowest BCUT2D eigenvalue weighted by Crippen LogP contribution is -2.30. The van der Waals surface area contributed by atoms with Crippen molar-refractivity contribution in [3.05, 3.63) is 12.2 Å². The van der Waals surface area contributed by atoms with Gasteiger partial charge in [0.05, 0.1) is 18.6 Å². The lowest BCUT2D eigenvalue weighted by molar-refractivity contribution is -0.126. The summed E-state index contributed by atoms with van der Waals surface area (Å²) in [5, 5.41) is 9.13. The Morgan fingerprint density at radius 1 is 1.47 bits per heavy atom. The van der Waals surface area contributed by atoms with Crippen molar-refractivity contribution in [1.29, 1.82) is 0 Å². The van der Waals surface area contributed by atoms with Gasteiger partial charge in [-0.3, -0.25) is 4.79 Å². The number of allylic oxidation sites excluding steroid dienone is 1. The smallest absolute Gasteiger partial charge is 0.162 e. The second-order valence-corrected chi connectivity index (χ2v) is 4.47. The molecule has 0 bridgehead atoms. The van der Waals surface area contributed by atoms with E-state index >= 15 is 0 Å². The molecule has 0 aliphatic carbocycles. The summed E-state index contributed by atoms with van der Waals surface area (Å²) in [7, 11) is 0. The van der Waals surface area contributed by atoms with Crippen molar-refractivity contribution in [2.75, 3.05) is 13.2 Å². The number of carbonyl (C=O) groups is 2. The van der Waals surface area contributed by atoms with E-state index in [-0.39, 0.29) is 37.1 Å². The number of hydrogen-bond donors (Lipinski definition) is 1. The highest BCUT2D eigenvalue weighted by atomic mass is 16.6. The SMILES string of the molecule is CC1OC1/C=C/C(=O)C1C(CO)COC1C=O. The lowest BCUT2D eigenvalue weighted by Gasteiger charge is -2.14. The molecule has 5 heteroatoms. The Labute approximate surface area is 99.4 Å². The van der Waals surface area contributed by atoms with Gasteiger partial charge in [-0.2, -0.15) is 0 Å². The number of aliphatic hydroxyl groups excluding tert-OH is 1. The van der Waals surface area contributed by atoms with Crippen LogP contribution in [0.1, 0.15) is 6.92 Å². The zero-order chi connectivity index (χ0) is 12.4. The van der Waals surface area contributed by atoms with Crippen LogP contribution in [0.4, 0.5) is 0 Å². The topological polar surface area (TPSA) is 76.1 Å². The minimum Gasteiger partial charge on any atom is -0.396 e. The van der Waals surface area contributed by atoms with Crippen molar-refractivity contribution < 1.29 is 24.2 Å². The van der Waals surface area contributed by atoms with Crippen LogP contribution in [0.3, 0.4) is 0 Å². The van der Waals surface area contributed by atoms with Crippen molar-refractivity contribution in [3.63, 3.8) is 0 Å². The van der Waals surface area contributed by atoms with Gasteiger partial charge in [0.1, 0.15) is 18.5 Å². The van der Waals surface area contributed by atoms with E-state index in [2.05, 4.69) is 0 Å². The van der Waals surface area contributed by atoms with Crippen molar-refractivity contribution in [2.45, 2.75) is 25.2 Å². The first-order valence-corrected chi connectivity index (χ1v) is 5.72. The Hall–Kier alpha value is -1.04. The fourth-order valence-corrected chi connectivity index (χ4v) is 2.10. The zero-order valence-electron chi connectivity index (χ0n) is 9.61. The Balaban J connectivity index is 1.99. The maximum absolute atomic E-state index is 11.9. The number of aldehydes is 1. The number of ether oxygens (including phenoxy) is 2. The molecular weight excluding hydrogens is 224 g/mol. The van der Waals surface area contributed by atoms with Crippen LogP contribution >= 0.6 is 0 Å². The average molecular weight is 240 g/mol. The fourth-order valence-electron chi connectivity index (χ4n) is 2.10. The molecule has 2 aliphatic heterocycles. The van der Waals surface area contributed by atoms with E-state index in [0.717, 1.165) is 0 Å². The molecule has 5 nitrogen and oxygen atoms in total. The van der Waals surface area contributed by atoms with Crippen LogP contribution in [0, 0.1) is 11.8 Å². The van der Waals surface area contributed by atoms with Crippen LogP contribution < -0.4 is 0 Å². The van der Waals surface area contributed by atoms with Crippen molar-refractivity contribution in [1.82, 2.24) is 0 Å². The van der Waals surface area contributed by atoms with Gasteiger partial charge in [-0.25, -0.2) is 0 Å². The van der Waals surface area contributed by atoms with Gasteiger partial charge in [0, 0.05) is 12.5 Å². The highest BCUT2D eigenvalue weighted by Crippen LogP contribution is 2.28. The van der Waals surface area contributed by atoms with E-state index in [1.807, 2.05) is 6.92 Å². The molecule has 5 atom stereocenters. The van der Waals surface area contributed by atoms with Crippen LogP contribution in [-0.2, 0) is 19.1 Å². The number of ketones is 1. The zero-order valence-corrected chi connectivity index (χ0v) is 9.61. The summed E-state index contributed by atoms with van der Waals surface area (Å²) in [5.41, 5.74) is 0. The molecule has 0 spiro atoms. The lowest BCUT2D eigenvalue weighted by atomic mass is 9.87. The summed E-state index contributed by atoms with van der Waals surface area (Å²) in [4.78, 5) is 22.7. The third-order valence-corrected chi connectivity index (χ3v) is 3.27. The molecule has 1 N–H and O–H groups in total. The molecule has 2 aliphatic rings. The van der Waals surface area contributed by atoms with Crippen LogP contribution in [0.15, 0.2) is 12.2 Å². The Kier molecular flexibility index (Phi) is 3.71. The van der Waals surface area contributed by atoms with E-state index in [0.29, 0.717) is 6.29 Å². The van der Waals surface area contributed by atoms with Crippen molar-refractivity contribution >= 4 is 12.1 Å². The van der Waals surface area contributed by atoms with Crippen molar-refractivity contribution in [2.24, 2.45) is 11.8 Å². The summed E-state index contributed by atoms with van der Waals surface area (Å²) in [5.74, 6) is -1.04. The maximum Gasteiger partial charge on any atom is 0.162 e. The first-order valence-electron chi connectivity index (χ1n) is 5.72. The predicted octanol–water partition coefficient (Wildman–Crippen LogP) is -0.279. The highest BCUT2D eigenvalue weighted by molar-refractivity contribution is 5.94. The van der Waals surface area contributed by atoms with Crippen LogP contribution in [-0.4, -0.2) is 48.7 Å². The van der Waals surface area contributed by atoms with Gasteiger partial charge >= 0.3 is 0 Å². The normalized spacial score (nSPS) is 40.7. The fraction of sp³-hybridized carbons (Fsp3) is 0.667. The molecule has 2 rings (SSSR count). The molecule has 0 amide bonds. The average Bonchev–Trinajstić information content (AvgIpc) is 2.89. The molecule has 2 saturated heterocycles. The van der Waals surface area contributed by atoms with Crippen LogP contribution in [0.2, 0.25) is 0 Å². The maximum atomic E-state index is 11.9. The molecule has 0 radical (unpaired) electrons. The van der Waals surface area contributed by atoms with Crippen LogP contribution in [0.25, 0.3) is 0 Å². The second kappa shape index (κ2) is 5.08. The molecule has 0 aromatic rings. The van der Waals surface area contributed by atoms with E-state index < -0.39 is 12.0 Å². The summed E-state index contributed by atoms with van der Waals surface area (Å²) in [6.07, 6.45) is 3.19. The van der Waals surface area contributed by atoms with Gasteiger partial charge < -0.3 is 19.4 Å². The number of rotatable bonds is 5. The van der Waals surface area contributed by atoms with E-state index in [4.69, 9.17) is 14.6 Å². The van der Waals surface area contributed by atoms with Gasteiger partial charge in [0.15, 0.2) is 5.78 Å². The molecule has 2 heterocycles. The van der Waals surface area contributed by atoms with Crippen molar-refractivity contribution in [3.8, 4) is 0 Å². The third-order valence-electron chi connectivity index (χ3n) is 3.27. The first kappa shape index (κ1) is 12.4. The molecular formula is C12H16O5. The summed E-state index contributed by atoms with van der Waals surface area (Å²) in [6.45, 7) is 2.02. The molecule has 94 valence electrons. The molecule has 5 unspecified atom stereocenters. The minimum atomic E-state index is -0.734. The monoisotopic (exact) mass is 240 g/mol. The summed E-state index contributed by atoms with van der Waals surface area (Å²) >= 11 is 0. The quantitative estimate of drug-likeness (QED) is 0.406. The molecule has 17 heavy (non-hydrogen) atoms. The van der Waals surface area contributed by atoms with Gasteiger partial charge in [-0.1, -0.05) is 0 Å². The number of aliphatic hydroxyl groups is 1. The Bertz CT molecular complexity index is 338. The van der Waals surface area contributed by atoms with Gasteiger partial charge in [-0.15, -0.1) is 0 Å². The highest BCUT2D eigenvalue weighted by Gasteiger charge is 2.41. The van der Waals surface area contributed by atoms with E-state index in [1.54, 1.807) is 6.08 Å². The number of carbonyl (C=O) groups excluding carboxylic acids is 2. The van der Waals surface area contributed by atoms with Crippen LogP contribution in [0.5, 0.6) is 0 Å². The molecule has 2 fully saturated rings. The Morgan fingerprint density at radius 2 is 2.18 bits per heavy atom. The first-order chi connectivity index (χ1) is 8.17. The predicted molar refractivity (Wildman–Crippen MR) is 58.4 cm³/mol. The standard InChI is InChI=1S/C12H16O5/c1-7-10(17-7)3-2-9(15)12-8(4-13)6-16-11(12)5-14/h2-3,5,7-8,10-13H,4,6H2,1H3/b3-2+. The Morgan fingerprint density at radius 3 is 2.71 bits per heavy atom. The summed E-state index contributed by atoms with van der Waals surface area (Å²) in [6, 6.07) is 0. The van der Waals surface area contributed by atoms with E-state index in [1.165, 1.54) is 6.08 Å². The third kappa shape index (κ3) is 2.62. The summed E-state index contributed by atoms with van der Waals surface area (Å²) < 4.78 is 10.3. The molecule has 0 saturated carbocycles. The minimum absolute atomic E-state index is 0.00327. The second-order valence-electron chi connectivity index (χ2n) is 4.47. The van der Waals surface area contributed by atoms with E-state index in [9.17, 15) is 9.59 Å². The number of epoxide rings is 1. The van der Waals surface area contributed by atoms with Gasteiger partial charge in [0.25, 0.3) is 0 Å². The van der Waals surface area contributed by atoms with Gasteiger partial charge in [0.2, 0.25) is 0 Å².